The van der Waals surface area contributed by atoms with Gasteiger partial charge in [-0.3, -0.25) is 0 Å². The van der Waals surface area contributed by atoms with Gasteiger partial charge in [-0.15, -0.1) is 0 Å². The standard InChI is InChI=1S/C17H22ClN7O/c1-3-12(8-26)22-17-23-15(14-16(24-17)25(2)9-21-14)20-7-10-6-11(18)4-5-13(10)19/h4-6,9,12,26H,3,7-8,19H2,1-2H3,(H2,20,22,23,24). The Hall–Kier alpha value is -2.58. The van der Waals surface area contributed by atoms with Gasteiger partial charge in [0.1, 0.15) is 0 Å². The molecule has 138 valence electrons. The topological polar surface area (TPSA) is 114 Å². The van der Waals surface area contributed by atoms with Crippen LogP contribution in [0, 0.1) is 0 Å². The van der Waals surface area contributed by atoms with Crippen molar-refractivity contribution >= 4 is 40.2 Å². The van der Waals surface area contributed by atoms with Crippen molar-refractivity contribution in [3.05, 3.63) is 35.1 Å². The lowest BCUT2D eigenvalue weighted by molar-refractivity contribution is 0.271. The molecule has 0 saturated carbocycles. The molecule has 0 aliphatic heterocycles. The second-order valence-corrected chi connectivity index (χ2v) is 6.49. The highest BCUT2D eigenvalue weighted by molar-refractivity contribution is 6.30. The van der Waals surface area contributed by atoms with Crippen LogP contribution in [0.5, 0.6) is 0 Å². The van der Waals surface area contributed by atoms with Crippen LogP contribution in [0.15, 0.2) is 24.5 Å². The number of nitrogen functional groups attached to an aromatic ring is 1. The molecule has 0 saturated heterocycles. The molecule has 0 radical (unpaired) electrons. The van der Waals surface area contributed by atoms with Crippen LogP contribution in [0.1, 0.15) is 18.9 Å². The molecular weight excluding hydrogens is 354 g/mol. The zero-order valence-corrected chi connectivity index (χ0v) is 15.5. The molecule has 0 aliphatic carbocycles. The first-order valence-corrected chi connectivity index (χ1v) is 8.73. The fraction of sp³-hybridized carbons (Fsp3) is 0.353. The zero-order chi connectivity index (χ0) is 18.7. The Balaban J connectivity index is 1.92. The van der Waals surface area contributed by atoms with Crippen LogP contribution in [-0.2, 0) is 13.6 Å². The van der Waals surface area contributed by atoms with Gasteiger partial charge >= 0.3 is 0 Å². The van der Waals surface area contributed by atoms with E-state index in [0.717, 1.165) is 12.0 Å². The van der Waals surface area contributed by atoms with E-state index in [0.29, 0.717) is 40.2 Å². The third-order valence-corrected chi connectivity index (χ3v) is 4.39. The molecule has 1 aromatic carbocycles. The van der Waals surface area contributed by atoms with Gasteiger partial charge < -0.3 is 26.0 Å². The largest absolute Gasteiger partial charge is 0.398 e. The lowest BCUT2D eigenvalue weighted by Gasteiger charge is -2.15. The van der Waals surface area contributed by atoms with E-state index in [1.807, 2.05) is 24.6 Å². The molecule has 0 fully saturated rings. The summed E-state index contributed by atoms with van der Waals surface area (Å²) in [5, 5.41) is 16.5. The average molecular weight is 376 g/mol. The molecule has 5 N–H and O–H groups in total. The molecule has 0 spiro atoms. The second kappa shape index (κ2) is 7.76. The summed E-state index contributed by atoms with van der Waals surface area (Å²) in [6, 6.07) is 5.23. The summed E-state index contributed by atoms with van der Waals surface area (Å²) in [7, 11) is 1.87. The molecule has 1 unspecified atom stereocenters. The average Bonchev–Trinajstić information content (AvgIpc) is 3.01. The molecule has 0 amide bonds. The maximum atomic E-state index is 9.42. The maximum Gasteiger partial charge on any atom is 0.227 e. The third-order valence-electron chi connectivity index (χ3n) is 4.16. The highest BCUT2D eigenvalue weighted by atomic mass is 35.5. The van der Waals surface area contributed by atoms with Gasteiger partial charge in [0.05, 0.1) is 19.0 Å². The number of halogens is 1. The van der Waals surface area contributed by atoms with Crippen molar-refractivity contribution in [2.24, 2.45) is 7.05 Å². The molecule has 0 bridgehead atoms. The number of aliphatic hydroxyl groups is 1. The van der Waals surface area contributed by atoms with Crippen LogP contribution >= 0.6 is 11.6 Å². The van der Waals surface area contributed by atoms with Gasteiger partial charge in [-0.2, -0.15) is 9.97 Å². The van der Waals surface area contributed by atoms with Crippen LogP contribution in [0.4, 0.5) is 17.5 Å². The van der Waals surface area contributed by atoms with Crippen LogP contribution < -0.4 is 16.4 Å². The number of nitrogens with zero attached hydrogens (tertiary/aromatic N) is 4. The number of benzene rings is 1. The number of aromatic nitrogens is 4. The molecule has 2 aromatic heterocycles. The van der Waals surface area contributed by atoms with Crippen LogP contribution in [0.3, 0.4) is 0 Å². The number of aryl methyl sites for hydroxylation is 1. The number of aliphatic hydroxyl groups excluding tert-OH is 1. The van der Waals surface area contributed by atoms with Gasteiger partial charge in [0, 0.05) is 24.3 Å². The molecule has 0 aliphatic rings. The van der Waals surface area contributed by atoms with E-state index in [2.05, 4.69) is 25.6 Å². The molecule has 26 heavy (non-hydrogen) atoms. The lowest BCUT2D eigenvalue weighted by Crippen LogP contribution is -2.24. The fourth-order valence-corrected chi connectivity index (χ4v) is 2.76. The zero-order valence-electron chi connectivity index (χ0n) is 14.7. The Morgan fingerprint density at radius 3 is 2.88 bits per heavy atom. The Labute approximate surface area is 156 Å². The van der Waals surface area contributed by atoms with Crippen molar-refractivity contribution in [3.63, 3.8) is 0 Å². The monoisotopic (exact) mass is 375 g/mol. The van der Waals surface area contributed by atoms with Gasteiger partial charge in [-0.25, -0.2) is 4.98 Å². The predicted molar refractivity (Wildman–Crippen MR) is 104 cm³/mol. The van der Waals surface area contributed by atoms with Crippen molar-refractivity contribution < 1.29 is 5.11 Å². The van der Waals surface area contributed by atoms with E-state index in [4.69, 9.17) is 17.3 Å². The number of nitrogens with two attached hydrogens (primary N) is 1. The lowest BCUT2D eigenvalue weighted by atomic mass is 10.2. The minimum atomic E-state index is -0.114. The van der Waals surface area contributed by atoms with Crippen LogP contribution in [-0.4, -0.2) is 37.3 Å². The molecule has 9 heteroatoms. The van der Waals surface area contributed by atoms with Gasteiger partial charge in [-0.05, 0) is 30.2 Å². The summed E-state index contributed by atoms with van der Waals surface area (Å²) in [6.07, 6.45) is 2.44. The number of hydrogen-bond acceptors (Lipinski definition) is 7. The van der Waals surface area contributed by atoms with Crippen molar-refractivity contribution in [2.75, 3.05) is 23.0 Å². The maximum absolute atomic E-state index is 9.42. The summed E-state index contributed by atoms with van der Waals surface area (Å²) >= 11 is 6.05. The molecule has 1 atom stereocenters. The number of fused-ring (bicyclic) bond motifs is 1. The highest BCUT2D eigenvalue weighted by Gasteiger charge is 2.14. The number of anilines is 3. The van der Waals surface area contributed by atoms with Crippen LogP contribution in [0.2, 0.25) is 5.02 Å². The Bertz CT molecular complexity index is 908. The minimum Gasteiger partial charge on any atom is -0.398 e. The fourth-order valence-electron chi connectivity index (χ4n) is 2.56. The molecule has 8 nitrogen and oxygen atoms in total. The summed E-state index contributed by atoms with van der Waals surface area (Å²) in [5.74, 6) is 1.02. The van der Waals surface area contributed by atoms with Crippen molar-refractivity contribution in [3.8, 4) is 0 Å². The minimum absolute atomic E-state index is 0.00505. The van der Waals surface area contributed by atoms with Crippen LogP contribution in [0.25, 0.3) is 11.2 Å². The Morgan fingerprint density at radius 1 is 1.35 bits per heavy atom. The van der Waals surface area contributed by atoms with E-state index < -0.39 is 0 Å². The quantitative estimate of drug-likeness (QED) is 0.469. The first-order valence-electron chi connectivity index (χ1n) is 8.36. The summed E-state index contributed by atoms with van der Waals surface area (Å²) < 4.78 is 1.82. The highest BCUT2D eigenvalue weighted by Crippen LogP contribution is 2.23. The molecule has 3 aromatic rings. The van der Waals surface area contributed by atoms with Gasteiger partial charge in [-0.1, -0.05) is 18.5 Å². The van der Waals surface area contributed by atoms with Gasteiger partial charge in [0.25, 0.3) is 0 Å². The van der Waals surface area contributed by atoms with Gasteiger partial charge in [0.2, 0.25) is 5.95 Å². The first kappa shape index (κ1) is 18.2. The SMILES string of the molecule is CCC(CO)Nc1nc(NCc2cc(Cl)ccc2N)c2ncn(C)c2n1. The van der Waals surface area contributed by atoms with Crippen molar-refractivity contribution in [2.45, 2.75) is 25.9 Å². The van der Waals surface area contributed by atoms with Crippen molar-refractivity contribution in [1.29, 1.82) is 0 Å². The summed E-state index contributed by atoms with van der Waals surface area (Å²) in [5.41, 5.74) is 8.89. The number of rotatable bonds is 7. The number of imidazole rings is 1. The number of nitrogens with one attached hydrogen (secondary N) is 2. The first-order chi connectivity index (χ1) is 12.5. The normalized spacial score (nSPS) is 12.3. The molecule has 2 heterocycles. The Kier molecular flexibility index (Phi) is 5.43. The summed E-state index contributed by atoms with van der Waals surface area (Å²) in [4.78, 5) is 13.4. The van der Waals surface area contributed by atoms with Crippen molar-refractivity contribution in [1.82, 2.24) is 19.5 Å². The van der Waals surface area contributed by atoms with E-state index >= 15 is 0 Å². The van der Waals surface area contributed by atoms with E-state index in [9.17, 15) is 5.11 Å². The molecular formula is C17H22ClN7O. The smallest absolute Gasteiger partial charge is 0.227 e. The van der Waals surface area contributed by atoms with E-state index in [-0.39, 0.29) is 12.6 Å². The van der Waals surface area contributed by atoms with Gasteiger partial charge in [0.15, 0.2) is 17.0 Å². The predicted octanol–water partition coefficient (Wildman–Crippen LogP) is 2.39. The Morgan fingerprint density at radius 2 is 2.15 bits per heavy atom. The second-order valence-electron chi connectivity index (χ2n) is 6.05. The van der Waals surface area contributed by atoms with E-state index in [1.165, 1.54) is 0 Å². The molecule has 3 rings (SSSR count). The summed E-state index contributed by atoms with van der Waals surface area (Å²) in [6.45, 7) is 2.44. The number of hydrogen-bond donors (Lipinski definition) is 4. The third kappa shape index (κ3) is 3.81. The van der Waals surface area contributed by atoms with E-state index in [1.54, 1.807) is 18.5 Å².